The molecule has 2 aromatic rings. The number of hydrogen-bond donors (Lipinski definition) is 1. The highest BCUT2D eigenvalue weighted by molar-refractivity contribution is 7.98. The molecule has 1 atom stereocenters. The van der Waals surface area contributed by atoms with Crippen LogP contribution in [-0.4, -0.2) is 41.8 Å². The fourth-order valence-electron chi connectivity index (χ4n) is 2.87. The van der Waals surface area contributed by atoms with E-state index in [4.69, 9.17) is 0 Å². The first-order chi connectivity index (χ1) is 10.9. The van der Waals surface area contributed by atoms with Crippen molar-refractivity contribution in [2.45, 2.75) is 11.8 Å². The highest BCUT2D eigenvalue weighted by atomic mass is 32.2. The Balaban J connectivity index is 1.49. The molecule has 4 heteroatoms. The Hall–Kier alpha value is -1.36. The maximum Gasteiger partial charge on any atom is 0.0474 e. The summed E-state index contributed by atoms with van der Waals surface area (Å²) in [7, 11) is 0. The quantitative estimate of drug-likeness (QED) is 0.830. The van der Waals surface area contributed by atoms with E-state index in [2.05, 4.69) is 57.7 Å². The number of rotatable bonds is 6. The number of nitrogens with one attached hydrogen (secondary N) is 1. The summed E-state index contributed by atoms with van der Waals surface area (Å²) in [5.41, 5.74) is 2.79. The summed E-state index contributed by atoms with van der Waals surface area (Å²) < 4.78 is 0. The first-order valence-corrected chi connectivity index (χ1v) is 9.05. The number of piperazine rings is 1. The minimum Gasteiger partial charge on any atom is -0.314 e. The molecular weight excluding hydrogens is 290 g/mol. The summed E-state index contributed by atoms with van der Waals surface area (Å²) in [6.45, 7) is 4.39. The molecular formula is C18H23N3S. The van der Waals surface area contributed by atoms with Crippen LogP contribution in [0.3, 0.4) is 0 Å². The van der Waals surface area contributed by atoms with Crippen LogP contribution in [0.4, 0.5) is 0 Å². The summed E-state index contributed by atoms with van der Waals surface area (Å²) in [5.74, 6) is 2.28. The second kappa shape index (κ2) is 8.32. The van der Waals surface area contributed by atoms with Crippen molar-refractivity contribution in [3.05, 3.63) is 66.0 Å². The van der Waals surface area contributed by atoms with E-state index in [1.165, 1.54) is 16.9 Å². The van der Waals surface area contributed by atoms with E-state index in [9.17, 15) is 0 Å². The van der Waals surface area contributed by atoms with E-state index < -0.39 is 0 Å². The van der Waals surface area contributed by atoms with Crippen LogP contribution in [0.1, 0.15) is 17.2 Å². The van der Waals surface area contributed by atoms with Crippen molar-refractivity contribution in [3.8, 4) is 0 Å². The van der Waals surface area contributed by atoms with E-state index in [1.807, 2.05) is 24.2 Å². The molecule has 116 valence electrons. The zero-order valence-electron chi connectivity index (χ0n) is 12.8. The topological polar surface area (TPSA) is 28.2 Å². The molecule has 3 rings (SSSR count). The summed E-state index contributed by atoms with van der Waals surface area (Å²) in [4.78, 5) is 6.73. The zero-order chi connectivity index (χ0) is 15.0. The van der Waals surface area contributed by atoms with Gasteiger partial charge in [-0.25, -0.2) is 0 Å². The van der Waals surface area contributed by atoms with Gasteiger partial charge >= 0.3 is 0 Å². The second-order valence-corrected chi connectivity index (χ2v) is 6.68. The van der Waals surface area contributed by atoms with Crippen LogP contribution < -0.4 is 5.32 Å². The minimum absolute atomic E-state index is 0.481. The van der Waals surface area contributed by atoms with Gasteiger partial charge in [0.25, 0.3) is 0 Å². The van der Waals surface area contributed by atoms with Gasteiger partial charge in [0.15, 0.2) is 0 Å². The third-order valence-electron chi connectivity index (χ3n) is 4.08. The van der Waals surface area contributed by atoms with Crippen molar-refractivity contribution >= 4 is 11.8 Å². The molecule has 22 heavy (non-hydrogen) atoms. The normalized spacial score (nSPS) is 19.2. The predicted molar refractivity (Wildman–Crippen MR) is 94.0 cm³/mol. The van der Waals surface area contributed by atoms with Crippen molar-refractivity contribution in [2.24, 2.45) is 0 Å². The average molecular weight is 313 g/mol. The van der Waals surface area contributed by atoms with Crippen LogP contribution in [0.2, 0.25) is 0 Å². The first kappa shape index (κ1) is 15.5. The molecule has 1 saturated heterocycles. The Morgan fingerprint density at radius 3 is 2.77 bits per heavy atom. The molecule has 1 aromatic heterocycles. The lowest BCUT2D eigenvalue weighted by Crippen LogP contribution is -2.46. The number of thioether (sulfide) groups is 1. The standard InChI is InChI=1S/C18H23N3S/c1-2-4-16(5-3-1)15-22-13-12-21-11-10-20-14-18(21)17-6-8-19-9-7-17/h1-9,18,20H,10-15H2. The predicted octanol–water partition coefficient (Wildman–Crippen LogP) is 2.96. The number of benzene rings is 1. The van der Waals surface area contributed by atoms with Crippen LogP contribution >= 0.6 is 11.8 Å². The molecule has 3 nitrogen and oxygen atoms in total. The van der Waals surface area contributed by atoms with Gasteiger partial charge in [0.2, 0.25) is 0 Å². The van der Waals surface area contributed by atoms with E-state index in [0.29, 0.717) is 6.04 Å². The van der Waals surface area contributed by atoms with Gasteiger partial charge in [0.05, 0.1) is 0 Å². The lowest BCUT2D eigenvalue weighted by Gasteiger charge is -2.36. The highest BCUT2D eigenvalue weighted by Gasteiger charge is 2.22. The lowest BCUT2D eigenvalue weighted by molar-refractivity contribution is 0.172. The number of pyridine rings is 1. The van der Waals surface area contributed by atoms with Crippen LogP contribution in [0.25, 0.3) is 0 Å². The molecule has 0 saturated carbocycles. The zero-order valence-corrected chi connectivity index (χ0v) is 13.6. The maximum absolute atomic E-state index is 4.13. The van der Waals surface area contributed by atoms with Gasteiger partial charge in [0, 0.05) is 56.1 Å². The summed E-state index contributed by atoms with van der Waals surface area (Å²) in [6.07, 6.45) is 3.79. The highest BCUT2D eigenvalue weighted by Crippen LogP contribution is 2.22. The molecule has 1 N–H and O–H groups in total. The molecule has 1 aromatic carbocycles. The van der Waals surface area contributed by atoms with Crippen LogP contribution in [0, 0.1) is 0 Å². The van der Waals surface area contributed by atoms with Crippen LogP contribution in [-0.2, 0) is 5.75 Å². The Labute approximate surface area is 137 Å². The third-order valence-corrected chi connectivity index (χ3v) is 5.09. The third kappa shape index (κ3) is 4.32. The van der Waals surface area contributed by atoms with Gasteiger partial charge in [-0.15, -0.1) is 0 Å². The SMILES string of the molecule is c1ccc(CSCCN2CCNCC2c2ccncc2)cc1. The Bertz CT molecular complexity index is 547. The van der Waals surface area contributed by atoms with Crippen LogP contribution in [0.5, 0.6) is 0 Å². The van der Waals surface area contributed by atoms with E-state index >= 15 is 0 Å². The second-order valence-electron chi connectivity index (χ2n) is 5.57. The molecule has 0 amide bonds. The first-order valence-electron chi connectivity index (χ1n) is 7.90. The van der Waals surface area contributed by atoms with Gasteiger partial charge in [-0.2, -0.15) is 11.8 Å². The Kier molecular flexibility index (Phi) is 5.87. The molecule has 1 fully saturated rings. The van der Waals surface area contributed by atoms with E-state index in [-0.39, 0.29) is 0 Å². The summed E-state index contributed by atoms with van der Waals surface area (Å²) >= 11 is 2.02. The fourth-order valence-corrected chi connectivity index (χ4v) is 3.81. The van der Waals surface area contributed by atoms with Crippen molar-refractivity contribution in [1.29, 1.82) is 0 Å². The van der Waals surface area contributed by atoms with Gasteiger partial charge in [-0.1, -0.05) is 30.3 Å². The molecule has 1 aliphatic heterocycles. The monoisotopic (exact) mass is 313 g/mol. The van der Waals surface area contributed by atoms with Crippen molar-refractivity contribution in [2.75, 3.05) is 31.9 Å². The molecule has 1 unspecified atom stereocenters. The van der Waals surface area contributed by atoms with Crippen molar-refractivity contribution in [1.82, 2.24) is 15.2 Å². The van der Waals surface area contributed by atoms with Gasteiger partial charge in [-0.05, 0) is 23.3 Å². The molecule has 2 heterocycles. The van der Waals surface area contributed by atoms with E-state index in [1.54, 1.807) is 0 Å². The Morgan fingerprint density at radius 2 is 1.95 bits per heavy atom. The molecule has 1 aliphatic rings. The van der Waals surface area contributed by atoms with Crippen molar-refractivity contribution < 1.29 is 0 Å². The number of nitrogens with zero attached hydrogens (tertiary/aromatic N) is 2. The molecule has 0 spiro atoms. The van der Waals surface area contributed by atoms with Crippen molar-refractivity contribution in [3.63, 3.8) is 0 Å². The van der Waals surface area contributed by atoms with Gasteiger partial charge in [-0.3, -0.25) is 9.88 Å². The molecule has 0 radical (unpaired) electrons. The molecule has 0 aliphatic carbocycles. The smallest absolute Gasteiger partial charge is 0.0474 e. The number of aromatic nitrogens is 1. The maximum atomic E-state index is 4.13. The van der Waals surface area contributed by atoms with Crippen LogP contribution in [0.15, 0.2) is 54.9 Å². The fraction of sp³-hybridized carbons (Fsp3) is 0.389. The van der Waals surface area contributed by atoms with Gasteiger partial charge < -0.3 is 5.32 Å². The summed E-state index contributed by atoms with van der Waals surface area (Å²) in [5, 5.41) is 3.51. The minimum atomic E-state index is 0.481. The average Bonchev–Trinajstić information content (AvgIpc) is 2.61. The largest absolute Gasteiger partial charge is 0.314 e. The van der Waals surface area contributed by atoms with Gasteiger partial charge in [0.1, 0.15) is 0 Å². The summed E-state index contributed by atoms with van der Waals surface area (Å²) in [6, 6.07) is 15.5. The Morgan fingerprint density at radius 1 is 1.14 bits per heavy atom. The number of hydrogen-bond acceptors (Lipinski definition) is 4. The lowest BCUT2D eigenvalue weighted by atomic mass is 10.1. The van der Waals surface area contributed by atoms with E-state index in [0.717, 1.165) is 31.9 Å². The molecule has 0 bridgehead atoms.